The van der Waals surface area contributed by atoms with Gasteiger partial charge in [0.2, 0.25) is 0 Å². The van der Waals surface area contributed by atoms with Crippen LogP contribution in [0.2, 0.25) is 5.02 Å². The van der Waals surface area contributed by atoms with Gasteiger partial charge in [-0.25, -0.2) is 4.39 Å². The maximum atomic E-state index is 13.6. The van der Waals surface area contributed by atoms with Crippen molar-refractivity contribution < 1.29 is 4.39 Å². The monoisotopic (exact) mass is 231 g/mol. The van der Waals surface area contributed by atoms with E-state index in [0.717, 1.165) is 17.7 Å². The second-order valence-electron chi connectivity index (χ2n) is 3.38. The molecule has 1 aliphatic heterocycles. The number of hydrogen-bond donors (Lipinski definition) is 1. The van der Waals surface area contributed by atoms with E-state index in [-0.39, 0.29) is 16.9 Å². The molecule has 1 aromatic carbocycles. The molecule has 0 fully saturated rings. The van der Waals surface area contributed by atoms with Gasteiger partial charge in [0, 0.05) is 17.4 Å². The molecule has 1 aromatic rings. The van der Waals surface area contributed by atoms with E-state index in [0.29, 0.717) is 11.3 Å². The van der Waals surface area contributed by atoms with E-state index in [4.69, 9.17) is 17.3 Å². The van der Waals surface area contributed by atoms with Gasteiger partial charge in [-0.3, -0.25) is 0 Å². The second kappa shape index (κ2) is 4.09. The Hall–Kier alpha value is -0.250. The van der Waals surface area contributed by atoms with Gasteiger partial charge in [0.1, 0.15) is 5.82 Å². The Kier molecular flexibility index (Phi) is 3.00. The van der Waals surface area contributed by atoms with E-state index in [1.165, 1.54) is 0 Å². The van der Waals surface area contributed by atoms with Crippen LogP contribution in [0.1, 0.15) is 23.6 Å². The second-order valence-corrected chi connectivity index (χ2v) is 4.89. The van der Waals surface area contributed by atoms with Gasteiger partial charge in [-0.1, -0.05) is 17.7 Å². The van der Waals surface area contributed by atoms with Crippen molar-refractivity contribution in [2.24, 2.45) is 5.73 Å². The molecule has 1 aliphatic rings. The van der Waals surface area contributed by atoms with E-state index < -0.39 is 0 Å². The zero-order valence-corrected chi connectivity index (χ0v) is 9.17. The molecule has 2 rings (SSSR count). The third-order valence-corrected chi connectivity index (χ3v) is 3.76. The predicted molar refractivity (Wildman–Crippen MR) is 59.1 cm³/mol. The van der Waals surface area contributed by atoms with Crippen molar-refractivity contribution in [1.29, 1.82) is 0 Å². The summed E-state index contributed by atoms with van der Waals surface area (Å²) >= 11 is 7.43. The maximum absolute atomic E-state index is 13.6. The Bertz CT molecular complexity index is 356. The molecular formula is C10H11ClFNS. The highest BCUT2D eigenvalue weighted by Gasteiger charge is 2.19. The summed E-state index contributed by atoms with van der Waals surface area (Å²) in [6, 6.07) is 3.38. The zero-order chi connectivity index (χ0) is 10.1. The normalized spacial score (nSPS) is 21.5. The minimum atomic E-state index is -0.297. The molecule has 0 radical (unpaired) electrons. The van der Waals surface area contributed by atoms with Gasteiger partial charge in [0.15, 0.2) is 0 Å². The molecule has 0 aromatic heterocycles. The molecular weight excluding hydrogens is 221 g/mol. The molecule has 76 valence electrons. The van der Waals surface area contributed by atoms with Crippen molar-refractivity contribution in [3.63, 3.8) is 0 Å². The van der Waals surface area contributed by atoms with Crippen molar-refractivity contribution >= 4 is 23.4 Å². The number of halogens is 2. The van der Waals surface area contributed by atoms with E-state index >= 15 is 0 Å². The number of thioether (sulfide) groups is 1. The summed E-state index contributed by atoms with van der Waals surface area (Å²) in [6.45, 7) is 0. The van der Waals surface area contributed by atoms with Crippen molar-refractivity contribution in [3.05, 3.63) is 34.1 Å². The fraction of sp³-hybridized carbons (Fsp3) is 0.400. The van der Waals surface area contributed by atoms with Crippen LogP contribution < -0.4 is 5.73 Å². The molecule has 0 unspecified atom stereocenters. The minimum Gasteiger partial charge on any atom is -0.324 e. The van der Waals surface area contributed by atoms with Gasteiger partial charge in [-0.15, -0.1) is 0 Å². The van der Waals surface area contributed by atoms with Crippen molar-refractivity contribution in [3.8, 4) is 0 Å². The predicted octanol–water partition coefficient (Wildman–Crippen LogP) is 3.12. The average Bonchev–Trinajstić information content (AvgIpc) is 2.35. The van der Waals surface area contributed by atoms with Crippen molar-refractivity contribution in [2.45, 2.75) is 18.2 Å². The molecule has 1 heterocycles. The lowest BCUT2D eigenvalue weighted by Gasteiger charge is -2.12. The largest absolute Gasteiger partial charge is 0.324 e. The SMILES string of the molecule is N[C@H]1CCSCc2c1ccc(Cl)c2F. The first-order chi connectivity index (χ1) is 6.70. The van der Waals surface area contributed by atoms with Crippen molar-refractivity contribution in [1.82, 2.24) is 0 Å². The summed E-state index contributed by atoms with van der Waals surface area (Å²) in [5, 5.41) is 0.193. The standard InChI is InChI=1S/C10H11ClFNS/c11-8-2-1-6-7(10(8)12)5-14-4-3-9(6)13/h1-2,9H,3-5,13H2/t9-/m0/s1. The van der Waals surface area contributed by atoms with Crippen LogP contribution in [0.5, 0.6) is 0 Å². The third-order valence-electron chi connectivity index (χ3n) is 2.45. The highest BCUT2D eigenvalue weighted by atomic mass is 35.5. The molecule has 2 N–H and O–H groups in total. The lowest BCUT2D eigenvalue weighted by atomic mass is 10.00. The van der Waals surface area contributed by atoms with Crippen LogP contribution in [0.25, 0.3) is 0 Å². The summed E-state index contributed by atoms with van der Waals surface area (Å²) < 4.78 is 13.6. The highest BCUT2D eigenvalue weighted by molar-refractivity contribution is 7.98. The summed E-state index contributed by atoms with van der Waals surface area (Å²) in [6.07, 6.45) is 0.902. The molecule has 0 spiro atoms. The van der Waals surface area contributed by atoms with Gasteiger partial charge in [0.25, 0.3) is 0 Å². The topological polar surface area (TPSA) is 26.0 Å². The van der Waals surface area contributed by atoms with E-state index in [1.54, 1.807) is 17.8 Å². The van der Waals surface area contributed by atoms with Gasteiger partial charge in [0.05, 0.1) is 5.02 Å². The van der Waals surface area contributed by atoms with Crippen LogP contribution in [0.4, 0.5) is 4.39 Å². The Morgan fingerprint density at radius 3 is 3.07 bits per heavy atom. The van der Waals surface area contributed by atoms with Crippen LogP contribution >= 0.6 is 23.4 Å². The van der Waals surface area contributed by atoms with Crippen LogP contribution in [-0.2, 0) is 5.75 Å². The average molecular weight is 232 g/mol. The summed E-state index contributed by atoms with van der Waals surface area (Å²) in [4.78, 5) is 0. The van der Waals surface area contributed by atoms with Crippen LogP contribution in [-0.4, -0.2) is 5.75 Å². The first kappa shape index (κ1) is 10.3. The van der Waals surface area contributed by atoms with Crippen molar-refractivity contribution in [2.75, 3.05) is 5.75 Å². The summed E-state index contributed by atoms with van der Waals surface area (Å²) in [5.74, 6) is 1.36. The fourth-order valence-electron chi connectivity index (χ4n) is 1.64. The molecule has 14 heavy (non-hydrogen) atoms. The quantitative estimate of drug-likeness (QED) is 0.743. The highest BCUT2D eigenvalue weighted by Crippen LogP contribution is 2.33. The number of benzene rings is 1. The minimum absolute atomic E-state index is 0.0493. The van der Waals surface area contributed by atoms with E-state index in [1.807, 2.05) is 6.07 Å². The Morgan fingerprint density at radius 2 is 2.29 bits per heavy atom. The molecule has 0 bridgehead atoms. The molecule has 1 atom stereocenters. The molecule has 4 heteroatoms. The third kappa shape index (κ3) is 1.76. The number of rotatable bonds is 0. The maximum Gasteiger partial charge on any atom is 0.146 e. The van der Waals surface area contributed by atoms with Crippen LogP contribution in [0, 0.1) is 5.82 Å². The summed E-state index contributed by atoms with van der Waals surface area (Å²) in [5.41, 5.74) is 7.54. The zero-order valence-electron chi connectivity index (χ0n) is 7.59. The smallest absolute Gasteiger partial charge is 0.146 e. The lowest BCUT2D eigenvalue weighted by molar-refractivity contribution is 0.607. The first-order valence-electron chi connectivity index (χ1n) is 4.50. The Labute approximate surface area is 91.8 Å². The molecule has 0 saturated heterocycles. The van der Waals surface area contributed by atoms with Gasteiger partial charge >= 0.3 is 0 Å². The van der Waals surface area contributed by atoms with E-state index in [9.17, 15) is 4.39 Å². The fourth-order valence-corrected chi connectivity index (χ4v) is 2.88. The molecule has 0 amide bonds. The number of nitrogens with two attached hydrogens (primary N) is 1. The molecule has 0 aliphatic carbocycles. The Morgan fingerprint density at radius 1 is 1.50 bits per heavy atom. The molecule has 0 saturated carbocycles. The van der Waals surface area contributed by atoms with Crippen LogP contribution in [0.15, 0.2) is 12.1 Å². The lowest BCUT2D eigenvalue weighted by Crippen LogP contribution is -2.12. The van der Waals surface area contributed by atoms with Gasteiger partial charge in [-0.05, 0) is 23.8 Å². The van der Waals surface area contributed by atoms with Gasteiger partial charge in [-0.2, -0.15) is 11.8 Å². The number of hydrogen-bond acceptors (Lipinski definition) is 2. The number of fused-ring (bicyclic) bond motifs is 1. The van der Waals surface area contributed by atoms with Gasteiger partial charge < -0.3 is 5.73 Å². The van der Waals surface area contributed by atoms with Crippen LogP contribution in [0.3, 0.4) is 0 Å². The van der Waals surface area contributed by atoms with E-state index in [2.05, 4.69) is 0 Å². The Balaban J connectivity index is 2.53. The molecule has 1 nitrogen and oxygen atoms in total. The summed E-state index contributed by atoms with van der Waals surface area (Å²) in [7, 11) is 0. The first-order valence-corrected chi connectivity index (χ1v) is 6.03.